The van der Waals surface area contributed by atoms with Crippen LogP contribution in [0.2, 0.25) is 0 Å². The zero-order chi connectivity index (χ0) is 16.0. The number of aromatic nitrogens is 1. The molecule has 1 unspecified atom stereocenters. The summed E-state index contributed by atoms with van der Waals surface area (Å²) in [4.78, 5) is 16.5. The standard InChI is InChI=1S/C16H27N3O2S/c1-12-10-22-14(18-12)13(2)19-15(20)17-11-16(8-9-21-3)6-4-5-7-16/h10,13H,4-9,11H2,1-3H3,(H2,17,19,20). The van der Waals surface area contributed by atoms with Crippen molar-refractivity contribution in [3.05, 3.63) is 16.1 Å². The van der Waals surface area contributed by atoms with Crippen molar-refractivity contribution in [3.8, 4) is 0 Å². The van der Waals surface area contributed by atoms with Gasteiger partial charge in [0.15, 0.2) is 0 Å². The highest BCUT2D eigenvalue weighted by atomic mass is 32.1. The highest BCUT2D eigenvalue weighted by molar-refractivity contribution is 7.09. The highest BCUT2D eigenvalue weighted by Crippen LogP contribution is 2.40. The molecule has 0 aromatic carbocycles. The van der Waals surface area contributed by atoms with E-state index >= 15 is 0 Å². The second-order valence-corrected chi connectivity index (χ2v) is 7.22. The summed E-state index contributed by atoms with van der Waals surface area (Å²) < 4.78 is 5.23. The van der Waals surface area contributed by atoms with Crippen molar-refractivity contribution in [3.63, 3.8) is 0 Å². The molecule has 0 spiro atoms. The third-order valence-corrected chi connectivity index (χ3v) is 5.62. The van der Waals surface area contributed by atoms with Crippen molar-refractivity contribution >= 4 is 17.4 Å². The lowest BCUT2D eigenvalue weighted by Crippen LogP contribution is -2.43. The highest BCUT2D eigenvalue weighted by Gasteiger charge is 2.33. The number of carbonyl (C=O) groups excluding carboxylic acids is 1. The Morgan fingerprint density at radius 3 is 2.82 bits per heavy atom. The van der Waals surface area contributed by atoms with Crippen LogP contribution in [0.15, 0.2) is 5.38 Å². The van der Waals surface area contributed by atoms with Gasteiger partial charge in [-0.1, -0.05) is 12.8 Å². The molecule has 0 saturated heterocycles. The molecule has 2 N–H and O–H groups in total. The fourth-order valence-corrected chi connectivity index (χ4v) is 3.91. The first-order valence-corrected chi connectivity index (χ1v) is 8.88. The number of hydrogen-bond donors (Lipinski definition) is 2. The number of thiazole rings is 1. The Balaban J connectivity index is 1.81. The van der Waals surface area contributed by atoms with E-state index in [4.69, 9.17) is 4.74 Å². The Kier molecular flexibility index (Phi) is 6.20. The van der Waals surface area contributed by atoms with Crippen LogP contribution >= 0.6 is 11.3 Å². The predicted octanol–water partition coefficient (Wildman–Crippen LogP) is 3.41. The molecule has 1 aliphatic rings. The van der Waals surface area contributed by atoms with Gasteiger partial charge in [-0.25, -0.2) is 9.78 Å². The van der Waals surface area contributed by atoms with Gasteiger partial charge in [0.25, 0.3) is 0 Å². The SMILES string of the molecule is COCCC1(CNC(=O)NC(C)c2nc(C)cs2)CCCC1. The van der Waals surface area contributed by atoms with Crippen LogP contribution in [0.25, 0.3) is 0 Å². The zero-order valence-electron chi connectivity index (χ0n) is 13.8. The number of methoxy groups -OCH3 is 1. The van der Waals surface area contributed by atoms with Gasteiger partial charge >= 0.3 is 6.03 Å². The summed E-state index contributed by atoms with van der Waals surface area (Å²) in [6.45, 7) is 5.42. The van der Waals surface area contributed by atoms with Crippen molar-refractivity contribution in [1.82, 2.24) is 15.6 Å². The maximum atomic E-state index is 12.1. The number of nitrogens with zero attached hydrogens (tertiary/aromatic N) is 1. The largest absolute Gasteiger partial charge is 0.385 e. The van der Waals surface area contributed by atoms with Crippen LogP contribution in [-0.4, -0.2) is 31.3 Å². The van der Waals surface area contributed by atoms with Gasteiger partial charge in [-0.2, -0.15) is 0 Å². The molecule has 5 nitrogen and oxygen atoms in total. The number of carbonyl (C=O) groups is 1. The van der Waals surface area contributed by atoms with Gasteiger partial charge in [-0.15, -0.1) is 11.3 Å². The van der Waals surface area contributed by atoms with Crippen LogP contribution in [0, 0.1) is 12.3 Å². The molecule has 2 rings (SSSR count). The van der Waals surface area contributed by atoms with E-state index in [9.17, 15) is 4.79 Å². The van der Waals surface area contributed by atoms with E-state index in [0.717, 1.165) is 30.3 Å². The normalized spacial score (nSPS) is 18.1. The second-order valence-electron chi connectivity index (χ2n) is 6.33. The maximum absolute atomic E-state index is 12.1. The molecule has 22 heavy (non-hydrogen) atoms. The van der Waals surface area contributed by atoms with Crippen molar-refractivity contribution in [2.75, 3.05) is 20.3 Å². The fourth-order valence-electron chi connectivity index (χ4n) is 3.11. The van der Waals surface area contributed by atoms with Crippen LogP contribution < -0.4 is 10.6 Å². The minimum absolute atomic E-state index is 0.0581. The zero-order valence-corrected chi connectivity index (χ0v) is 14.6. The molecular weight excluding hydrogens is 298 g/mol. The van der Waals surface area contributed by atoms with E-state index in [-0.39, 0.29) is 17.5 Å². The number of urea groups is 1. The smallest absolute Gasteiger partial charge is 0.315 e. The first-order chi connectivity index (χ1) is 10.5. The van der Waals surface area contributed by atoms with E-state index in [1.165, 1.54) is 25.7 Å². The molecule has 0 bridgehead atoms. The van der Waals surface area contributed by atoms with Gasteiger partial charge in [0, 0.05) is 31.3 Å². The third-order valence-electron chi connectivity index (χ3n) is 4.48. The van der Waals surface area contributed by atoms with Gasteiger partial charge in [0.05, 0.1) is 6.04 Å². The van der Waals surface area contributed by atoms with E-state index in [1.54, 1.807) is 18.4 Å². The Morgan fingerprint density at radius 1 is 1.50 bits per heavy atom. The van der Waals surface area contributed by atoms with Crippen LogP contribution in [0.5, 0.6) is 0 Å². The molecule has 1 atom stereocenters. The minimum Gasteiger partial charge on any atom is -0.385 e. The molecule has 0 aliphatic heterocycles. The maximum Gasteiger partial charge on any atom is 0.315 e. The Hall–Kier alpha value is -1.14. The number of aryl methyl sites for hydroxylation is 1. The van der Waals surface area contributed by atoms with Gasteiger partial charge in [-0.3, -0.25) is 0 Å². The van der Waals surface area contributed by atoms with Crippen molar-refractivity contribution in [2.24, 2.45) is 5.41 Å². The van der Waals surface area contributed by atoms with Gasteiger partial charge < -0.3 is 15.4 Å². The Bertz CT molecular complexity index is 483. The molecule has 1 aromatic rings. The monoisotopic (exact) mass is 325 g/mol. The Morgan fingerprint density at radius 2 is 2.23 bits per heavy atom. The molecule has 2 amide bonds. The van der Waals surface area contributed by atoms with Crippen molar-refractivity contribution in [2.45, 2.75) is 52.0 Å². The average Bonchev–Trinajstić information content (AvgIpc) is 3.13. The minimum atomic E-state index is -0.107. The summed E-state index contributed by atoms with van der Waals surface area (Å²) in [5.41, 5.74) is 1.22. The van der Waals surface area contributed by atoms with Crippen LogP contribution in [0.3, 0.4) is 0 Å². The third kappa shape index (κ3) is 4.68. The quantitative estimate of drug-likeness (QED) is 0.807. The van der Waals surface area contributed by atoms with E-state index in [2.05, 4.69) is 15.6 Å². The molecule has 1 saturated carbocycles. The van der Waals surface area contributed by atoms with E-state index in [0.29, 0.717) is 0 Å². The second kappa shape index (κ2) is 7.92. The summed E-state index contributed by atoms with van der Waals surface area (Å²) in [6, 6.07) is -0.166. The van der Waals surface area contributed by atoms with Gasteiger partial charge in [-0.05, 0) is 38.5 Å². The summed E-state index contributed by atoms with van der Waals surface area (Å²) in [7, 11) is 1.74. The van der Waals surface area contributed by atoms with Crippen molar-refractivity contribution < 1.29 is 9.53 Å². The Labute approximate surface area is 136 Å². The molecule has 1 aliphatic carbocycles. The number of amides is 2. The van der Waals surface area contributed by atoms with E-state index < -0.39 is 0 Å². The first-order valence-electron chi connectivity index (χ1n) is 8.00. The number of nitrogens with one attached hydrogen (secondary N) is 2. The van der Waals surface area contributed by atoms with Crippen LogP contribution in [0.4, 0.5) is 4.79 Å². The summed E-state index contributed by atoms with van der Waals surface area (Å²) in [5.74, 6) is 0. The molecular formula is C16H27N3O2S. The average molecular weight is 325 g/mol. The predicted molar refractivity (Wildman–Crippen MR) is 89.2 cm³/mol. The number of rotatable bonds is 7. The molecule has 1 heterocycles. The molecule has 1 aromatic heterocycles. The van der Waals surface area contributed by atoms with Crippen LogP contribution in [-0.2, 0) is 4.74 Å². The fraction of sp³-hybridized carbons (Fsp3) is 0.750. The van der Waals surface area contributed by atoms with Gasteiger partial charge in [0.2, 0.25) is 0 Å². The molecule has 6 heteroatoms. The topological polar surface area (TPSA) is 63.2 Å². The molecule has 124 valence electrons. The lowest BCUT2D eigenvalue weighted by molar-refractivity contribution is 0.135. The van der Waals surface area contributed by atoms with Gasteiger partial charge in [0.1, 0.15) is 5.01 Å². The summed E-state index contributed by atoms with van der Waals surface area (Å²) in [6.07, 6.45) is 5.88. The lowest BCUT2D eigenvalue weighted by Gasteiger charge is -2.29. The number of hydrogen-bond acceptors (Lipinski definition) is 4. The summed E-state index contributed by atoms with van der Waals surface area (Å²) >= 11 is 1.58. The molecule has 0 radical (unpaired) electrons. The first kappa shape index (κ1) is 17.2. The summed E-state index contributed by atoms with van der Waals surface area (Å²) in [5, 5.41) is 8.98. The van der Waals surface area contributed by atoms with Crippen LogP contribution in [0.1, 0.15) is 55.8 Å². The molecule has 1 fully saturated rings. The van der Waals surface area contributed by atoms with E-state index in [1.807, 2.05) is 19.2 Å². The lowest BCUT2D eigenvalue weighted by atomic mass is 9.83. The number of ether oxygens (including phenoxy) is 1. The van der Waals surface area contributed by atoms with Crippen molar-refractivity contribution in [1.29, 1.82) is 0 Å².